The first-order valence-corrected chi connectivity index (χ1v) is 3.54. The molecule has 1 nitrogen and oxygen atoms in total. The number of ether oxygens (including phenoxy) is 1. The summed E-state index contributed by atoms with van der Waals surface area (Å²) in [5.74, 6) is 0. The molecule has 0 aromatic rings. The van der Waals surface area contributed by atoms with Gasteiger partial charge >= 0.3 is 0 Å². The van der Waals surface area contributed by atoms with Crippen LogP contribution in [0, 0.1) is 0 Å². The molecule has 56 valence electrons. The van der Waals surface area contributed by atoms with E-state index in [1.807, 2.05) is 20.8 Å². The van der Waals surface area contributed by atoms with E-state index in [2.05, 4.69) is 0 Å². The standard InChI is InChI=1S/C6H12Cl2O/c1-5(2,3)9-6(4,7)8/h1-4H3. The van der Waals surface area contributed by atoms with E-state index in [1.54, 1.807) is 6.92 Å². The van der Waals surface area contributed by atoms with E-state index >= 15 is 0 Å². The summed E-state index contributed by atoms with van der Waals surface area (Å²) in [5.41, 5.74) is -0.280. The van der Waals surface area contributed by atoms with Crippen LogP contribution in [0.3, 0.4) is 0 Å². The van der Waals surface area contributed by atoms with Crippen molar-refractivity contribution in [3.8, 4) is 0 Å². The molecule has 0 aromatic heterocycles. The molecule has 0 N–H and O–H groups in total. The second-order valence-electron chi connectivity index (χ2n) is 3.02. The first-order valence-electron chi connectivity index (χ1n) is 2.79. The molecule has 0 bridgehead atoms. The van der Waals surface area contributed by atoms with Crippen LogP contribution in [0.15, 0.2) is 0 Å². The molecular formula is C6H12Cl2O. The largest absolute Gasteiger partial charge is 0.341 e. The average molecular weight is 171 g/mol. The Morgan fingerprint density at radius 2 is 1.33 bits per heavy atom. The van der Waals surface area contributed by atoms with Crippen LogP contribution in [0.2, 0.25) is 0 Å². The molecule has 0 unspecified atom stereocenters. The average Bonchev–Trinajstić information content (AvgIpc) is 1.14. The van der Waals surface area contributed by atoms with Crippen molar-refractivity contribution in [2.75, 3.05) is 0 Å². The first kappa shape index (κ1) is 9.54. The highest BCUT2D eigenvalue weighted by Crippen LogP contribution is 2.27. The number of alkyl halides is 2. The SMILES string of the molecule is CC(C)(C)OC(C)(Cl)Cl. The van der Waals surface area contributed by atoms with E-state index < -0.39 is 4.52 Å². The number of hydrogen-bond acceptors (Lipinski definition) is 1. The van der Waals surface area contributed by atoms with E-state index in [1.165, 1.54) is 0 Å². The Kier molecular flexibility index (Phi) is 2.81. The van der Waals surface area contributed by atoms with E-state index in [4.69, 9.17) is 27.9 Å². The summed E-state index contributed by atoms with van der Waals surface area (Å²) in [4.78, 5) is 0. The molecule has 3 heteroatoms. The maximum atomic E-state index is 5.56. The van der Waals surface area contributed by atoms with E-state index in [0.717, 1.165) is 0 Å². The van der Waals surface area contributed by atoms with Crippen LogP contribution in [0.5, 0.6) is 0 Å². The fourth-order valence-corrected chi connectivity index (χ4v) is 1.00. The van der Waals surface area contributed by atoms with Gasteiger partial charge in [0.2, 0.25) is 4.52 Å². The van der Waals surface area contributed by atoms with Gasteiger partial charge in [-0.15, -0.1) is 0 Å². The van der Waals surface area contributed by atoms with E-state index in [9.17, 15) is 0 Å². The zero-order valence-electron chi connectivity index (χ0n) is 6.16. The highest BCUT2D eigenvalue weighted by atomic mass is 35.5. The lowest BCUT2D eigenvalue weighted by atomic mass is 10.2. The topological polar surface area (TPSA) is 9.23 Å². The third-order valence-electron chi connectivity index (χ3n) is 0.485. The van der Waals surface area contributed by atoms with Crippen LogP contribution in [0.4, 0.5) is 0 Å². The van der Waals surface area contributed by atoms with Crippen molar-refractivity contribution in [1.29, 1.82) is 0 Å². The van der Waals surface area contributed by atoms with Crippen LogP contribution in [0.25, 0.3) is 0 Å². The predicted octanol–water partition coefficient (Wildman–Crippen LogP) is 2.95. The minimum atomic E-state index is -1.07. The summed E-state index contributed by atoms with van der Waals surface area (Å²) in [6, 6.07) is 0. The van der Waals surface area contributed by atoms with Crippen molar-refractivity contribution in [1.82, 2.24) is 0 Å². The molecule has 0 fully saturated rings. The van der Waals surface area contributed by atoms with E-state index in [-0.39, 0.29) is 5.60 Å². The molecule has 9 heavy (non-hydrogen) atoms. The van der Waals surface area contributed by atoms with Gasteiger partial charge in [-0.2, -0.15) is 0 Å². The molecule has 0 radical (unpaired) electrons. The Labute approximate surface area is 66.3 Å². The third-order valence-corrected chi connectivity index (χ3v) is 0.640. The van der Waals surface area contributed by atoms with Crippen LogP contribution in [0.1, 0.15) is 27.7 Å². The minimum Gasteiger partial charge on any atom is -0.341 e. The Hall–Kier alpha value is 0.540. The van der Waals surface area contributed by atoms with Gasteiger partial charge in [-0.05, 0) is 27.7 Å². The Morgan fingerprint density at radius 1 is 1.00 bits per heavy atom. The summed E-state index contributed by atoms with van der Waals surface area (Å²) in [5, 5.41) is 0. The highest BCUT2D eigenvalue weighted by Gasteiger charge is 2.24. The fourth-order valence-electron chi connectivity index (χ4n) is 0.538. The number of halogens is 2. The number of hydrogen-bond donors (Lipinski definition) is 0. The monoisotopic (exact) mass is 170 g/mol. The Bertz CT molecular complexity index is 76.2. The van der Waals surface area contributed by atoms with Crippen LogP contribution in [-0.2, 0) is 4.74 Å². The molecule has 0 saturated carbocycles. The van der Waals surface area contributed by atoms with Gasteiger partial charge in [-0.25, -0.2) is 0 Å². The van der Waals surface area contributed by atoms with Crippen molar-refractivity contribution < 1.29 is 4.74 Å². The number of rotatable bonds is 1. The lowest BCUT2D eigenvalue weighted by Crippen LogP contribution is -2.28. The molecule has 0 saturated heterocycles. The molecule has 0 atom stereocenters. The second kappa shape index (κ2) is 2.65. The van der Waals surface area contributed by atoms with Crippen molar-refractivity contribution in [3.05, 3.63) is 0 Å². The maximum Gasteiger partial charge on any atom is 0.215 e. The van der Waals surface area contributed by atoms with Crippen molar-refractivity contribution in [2.24, 2.45) is 0 Å². The van der Waals surface area contributed by atoms with E-state index in [0.29, 0.717) is 0 Å². The zero-order chi connectivity index (χ0) is 7.71. The summed E-state index contributed by atoms with van der Waals surface area (Å²) >= 11 is 11.1. The molecule has 0 aliphatic rings. The van der Waals surface area contributed by atoms with Crippen LogP contribution >= 0.6 is 23.2 Å². The summed E-state index contributed by atoms with van der Waals surface area (Å²) < 4.78 is 4.08. The maximum absolute atomic E-state index is 5.56. The third kappa shape index (κ3) is 8.54. The molecule has 0 aliphatic carbocycles. The van der Waals surface area contributed by atoms with Crippen molar-refractivity contribution in [2.45, 2.75) is 37.8 Å². The molecule has 0 spiro atoms. The molecule has 0 heterocycles. The minimum absolute atomic E-state index is 0.280. The molecule has 0 rings (SSSR count). The van der Waals surface area contributed by atoms with Gasteiger partial charge < -0.3 is 4.74 Å². The van der Waals surface area contributed by atoms with Gasteiger partial charge in [0.25, 0.3) is 0 Å². The molecule has 0 aliphatic heterocycles. The van der Waals surface area contributed by atoms with Crippen LogP contribution in [-0.4, -0.2) is 10.1 Å². The second-order valence-corrected chi connectivity index (χ2v) is 4.66. The molecular weight excluding hydrogens is 159 g/mol. The summed E-state index contributed by atoms with van der Waals surface area (Å²) in [7, 11) is 0. The quantitative estimate of drug-likeness (QED) is 0.551. The highest BCUT2D eigenvalue weighted by molar-refractivity contribution is 6.46. The fraction of sp³-hybridized carbons (Fsp3) is 1.00. The van der Waals surface area contributed by atoms with Gasteiger partial charge in [-0.1, -0.05) is 23.2 Å². The van der Waals surface area contributed by atoms with Crippen molar-refractivity contribution >= 4 is 23.2 Å². The van der Waals surface area contributed by atoms with Gasteiger partial charge in [-0.3, -0.25) is 0 Å². The van der Waals surface area contributed by atoms with Crippen LogP contribution < -0.4 is 0 Å². The summed E-state index contributed by atoms with van der Waals surface area (Å²) in [6.07, 6.45) is 0. The van der Waals surface area contributed by atoms with Gasteiger partial charge in [0, 0.05) is 0 Å². The van der Waals surface area contributed by atoms with Gasteiger partial charge in [0.05, 0.1) is 5.60 Å². The zero-order valence-corrected chi connectivity index (χ0v) is 7.68. The smallest absolute Gasteiger partial charge is 0.215 e. The Morgan fingerprint density at radius 3 is 1.33 bits per heavy atom. The molecule has 0 amide bonds. The summed E-state index contributed by atoms with van der Waals surface area (Å²) in [6.45, 7) is 7.30. The lowest BCUT2D eigenvalue weighted by molar-refractivity contribution is -0.0354. The molecule has 0 aromatic carbocycles. The lowest BCUT2D eigenvalue weighted by Gasteiger charge is -2.26. The first-order chi connectivity index (χ1) is 3.71. The van der Waals surface area contributed by atoms with Gasteiger partial charge in [0.15, 0.2) is 0 Å². The normalized spacial score (nSPS) is 14.0. The Balaban J connectivity index is 3.75. The van der Waals surface area contributed by atoms with Gasteiger partial charge in [0.1, 0.15) is 0 Å². The van der Waals surface area contributed by atoms with Crippen molar-refractivity contribution in [3.63, 3.8) is 0 Å². The predicted molar refractivity (Wildman–Crippen MR) is 40.9 cm³/mol.